The summed E-state index contributed by atoms with van der Waals surface area (Å²) in [6.45, 7) is 0. The van der Waals surface area contributed by atoms with Gasteiger partial charge in [0.2, 0.25) is 0 Å². The van der Waals surface area contributed by atoms with Crippen LogP contribution in [0, 0.1) is 0 Å². The fourth-order valence-electron chi connectivity index (χ4n) is 1.13. The van der Waals surface area contributed by atoms with E-state index in [4.69, 9.17) is 7.85 Å². The number of imidazole rings is 1. The Bertz CT molecular complexity index is 485. The second kappa shape index (κ2) is 2.23. The number of pyridine rings is 1. The minimum atomic E-state index is -0.178. The van der Waals surface area contributed by atoms with E-state index < -0.39 is 0 Å². The topological polar surface area (TPSA) is 50.7 Å². The molecule has 12 heavy (non-hydrogen) atoms. The number of nitrogens with zero attached hydrogens (tertiary/aromatic N) is 2. The van der Waals surface area contributed by atoms with Crippen LogP contribution in [0.3, 0.4) is 0 Å². The molecule has 0 amide bonds. The van der Waals surface area contributed by atoms with Crippen molar-refractivity contribution < 1.29 is 0 Å². The van der Waals surface area contributed by atoms with Gasteiger partial charge in [0.1, 0.15) is 7.85 Å². The van der Waals surface area contributed by atoms with Crippen LogP contribution in [0.2, 0.25) is 0 Å². The van der Waals surface area contributed by atoms with E-state index in [1.54, 1.807) is 13.1 Å². The lowest BCUT2D eigenvalue weighted by Gasteiger charge is -1.92. The average molecular weight is 159 g/mol. The van der Waals surface area contributed by atoms with E-state index in [0.717, 1.165) is 0 Å². The lowest BCUT2D eigenvalue weighted by molar-refractivity contribution is 0.879. The Labute approximate surface area is 69.6 Å². The summed E-state index contributed by atoms with van der Waals surface area (Å²) >= 11 is 0. The maximum absolute atomic E-state index is 11.1. The molecule has 0 aliphatic rings. The van der Waals surface area contributed by atoms with E-state index in [1.807, 2.05) is 0 Å². The average Bonchev–Trinajstić information content (AvgIpc) is 2.28. The van der Waals surface area contributed by atoms with Crippen LogP contribution in [0.15, 0.2) is 17.1 Å². The first-order valence-electron chi connectivity index (χ1n) is 3.49. The van der Waals surface area contributed by atoms with Crippen molar-refractivity contribution in [2.45, 2.75) is 0 Å². The molecule has 2 radical (unpaired) electrons. The van der Waals surface area contributed by atoms with E-state index in [9.17, 15) is 4.79 Å². The highest BCUT2D eigenvalue weighted by Crippen LogP contribution is 2.00. The molecule has 2 rings (SSSR count). The highest BCUT2D eigenvalue weighted by molar-refractivity contribution is 6.32. The van der Waals surface area contributed by atoms with Crippen molar-refractivity contribution in [3.8, 4) is 0 Å². The fourth-order valence-corrected chi connectivity index (χ4v) is 1.13. The molecule has 0 unspecified atom stereocenters. The van der Waals surface area contributed by atoms with Crippen molar-refractivity contribution in [2.24, 2.45) is 7.05 Å². The van der Waals surface area contributed by atoms with Gasteiger partial charge in [0.05, 0.1) is 5.52 Å². The summed E-state index contributed by atoms with van der Waals surface area (Å²) in [4.78, 5) is 17.7. The molecule has 0 aliphatic carbocycles. The molecule has 58 valence electrons. The van der Waals surface area contributed by atoms with Crippen LogP contribution in [0.25, 0.3) is 11.2 Å². The molecule has 2 heterocycles. The molecule has 2 aromatic heterocycles. The predicted molar refractivity (Wildman–Crippen MR) is 46.7 cm³/mol. The van der Waals surface area contributed by atoms with Gasteiger partial charge in [-0.3, -0.25) is 4.57 Å². The van der Waals surface area contributed by atoms with Gasteiger partial charge in [-0.15, -0.1) is 0 Å². The molecule has 0 spiro atoms. The lowest BCUT2D eigenvalue weighted by Crippen LogP contribution is -2.12. The van der Waals surface area contributed by atoms with Crippen LogP contribution in [0.1, 0.15) is 0 Å². The zero-order valence-electron chi connectivity index (χ0n) is 6.53. The van der Waals surface area contributed by atoms with Gasteiger partial charge in [-0.05, 0) is 6.07 Å². The molecule has 5 heteroatoms. The third-order valence-corrected chi connectivity index (χ3v) is 1.75. The minimum absolute atomic E-state index is 0.178. The molecular formula is C7H6BN3O. The molecule has 0 fully saturated rings. The Morgan fingerprint density at radius 2 is 2.42 bits per heavy atom. The number of fused-ring (bicyclic) bond motifs is 1. The second-order valence-electron chi connectivity index (χ2n) is 2.63. The number of aromatic nitrogens is 3. The normalized spacial score (nSPS) is 10.8. The van der Waals surface area contributed by atoms with Gasteiger partial charge in [0.15, 0.2) is 5.65 Å². The largest absolute Gasteiger partial charge is 0.327 e. The van der Waals surface area contributed by atoms with Crippen LogP contribution in [0.4, 0.5) is 0 Å². The second-order valence-corrected chi connectivity index (χ2v) is 2.63. The van der Waals surface area contributed by atoms with Crippen LogP contribution >= 0.6 is 0 Å². The van der Waals surface area contributed by atoms with E-state index in [2.05, 4.69) is 9.97 Å². The van der Waals surface area contributed by atoms with Crippen LogP contribution in [-0.4, -0.2) is 22.4 Å². The number of aryl methyl sites for hydroxylation is 1. The summed E-state index contributed by atoms with van der Waals surface area (Å²) in [6, 6.07) is 1.68. The Kier molecular flexibility index (Phi) is 1.33. The van der Waals surface area contributed by atoms with E-state index in [0.29, 0.717) is 16.6 Å². The summed E-state index contributed by atoms with van der Waals surface area (Å²) in [6.07, 6.45) is 1.52. The lowest BCUT2D eigenvalue weighted by atomic mass is 9.99. The highest BCUT2D eigenvalue weighted by Gasteiger charge is 2.02. The number of rotatable bonds is 0. The van der Waals surface area contributed by atoms with Crippen molar-refractivity contribution in [3.63, 3.8) is 0 Å². The summed E-state index contributed by atoms with van der Waals surface area (Å²) in [5.41, 5.74) is 1.66. The molecule has 2 aromatic rings. The maximum Gasteiger partial charge on any atom is 0.327 e. The highest BCUT2D eigenvalue weighted by atomic mass is 16.1. The van der Waals surface area contributed by atoms with E-state index in [1.165, 1.54) is 10.8 Å². The first-order chi connectivity index (χ1) is 5.68. The SMILES string of the molecule is [B]c1cnc2c(c1)[nH]c(=O)n2C. The van der Waals surface area contributed by atoms with E-state index in [-0.39, 0.29) is 5.69 Å². The molecule has 0 saturated heterocycles. The van der Waals surface area contributed by atoms with Gasteiger partial charge in [0.25, 0.3) is 0 Å². The third-order valence-electron chi connectivity index (χ3n) is 1.75. The summed E-state index contributed by atoms with van der Waals surface area (Å²) in [5.74, 6) is 0. The molecule has 0 bridgehead atoms. The van der Waals surface area contributed by atoms with Gasteiger partial charge in [-0.25, -0.2) is 9.78 Å². The Morgan fingerprint density at radius 3 is 3.17 bits per heavy atom. The van der Waals surface area contributed by atoms with Crippen LogP contribution < -0.4 is 11.2 Å². The molecule has 1 N–H and O–H groups in total. The Morgan fingerprint density at radius 1 is 1.67 bits per heavy atom. The molecule has 4 nitrogen and oxygen atoms in total. The van der Waals surface area contributed by atoms with Crippen molar-refractivity contribution in [1.29, 1.82) is 0 Å². The summed E-state index contributed by atoms with van der Waals surface area (Å²) in [5, 5.41) is 0. The Hall–Kier alpha value is -1.52. The third kappa shape index (κ3) is 0.862. The molecule has 0 saturated carbocycles. The molecular weight excluding hydrogens is 153 g/mol. The molecule has 0 aliphatic heterocycles. The first-order valence-corrected chi connectivity index (χ1v) is 3.49. The number of H-pyrrole nitrogens is 1. The smallest absolute Gasteiger partial charge is 0.304 e. The van der Waals surface area contributed by atoms with E-state index >= 15 is 0 Å². The van der Waals surface area contributed by atoms with Gasteiger partial charge in [0, 0.05) is 13.2 Å². The summed E-state index contributed by atoms with van der Waals surface area (Å²) < 4.78 is 1.44. The Balaban J connectivity index is 2.96. The number of aromatic amines is 1. The summed E-state index contributed by atoms with van der Waals surface area (Å²) in [7, 11) is 7.15. The van der Waals surface area contributed by atoms with Crippen LogP contribution in [-0.2, 0) is 7.05 Å². The van der Waals surface area contributed by atoms with Gasteiger partial charge < -0.3 is 4.98 Å². The van der Waals surface area contributed by atoms with Crippen molar-refractivity contribution >= 4 is 24.5 Å². The van der Waals surface area contributed by atoms with Crippen molar-refractivity contribution in [1.82, 2.24) is 14.5 Å². The number of hydrogen-bond acceptors (Lipinski definition) is 2. The zero-order chi connectivity index (χ0) is 8.72. The standard InChI is InChI=1S/C7H6BN3O/c1-11-6-5(10-7(11)12)2-4(8)3-9-6/h2-3H,1H3,(H,10,12). The number of hydrogen-bond donors (Lipinski definition) is 1. The van der Waals surface area contributed by atoms with Crippen molar-refractivity contribution in [3.05, 3.63) is 22.7 Å². The van der Waals surface area contributed by atoms with Gasteiger partial charge >= 0.3 is 5.69 Å². The van der Waals surface area contributed by atoms with Crippen LogP contribution in [0.5, 0.6) is 0 Å². The molecule has 0 atom stereocenters. The number of nitrogens with one attached hydrogen (secondary N) is 1. The first kappa shape index (κ1) is 7.15. The minimum Gasteiger partial charge on any atom is -0.304 e. The fraction of sp³-hybridized carbons (Fsp3) is 0.143. The maximum atomic E-state index is 11.1. The molecule has 0 aromatic carbocycles. The monoisotopic (exact) mass is 159 g/mol. The van der Waals surface area contributed by atoms with Gasteiger partial charge in [-0.1, -0.05) is 5.46 Å². The van der Waals surface area contributed by atoms with Gasteiger partial charge in [-0.2, -0.15) is 0 Å². The predicted octanol–water partition coefficient (Wildman–Crippen LogP) is -0.945. The quantitative estimate of drug-likeness (QED) is 0.504. The zero-order valence-corrected chi connectivity index (χ0v) is 6.53. The van der Waals surface area contributed by atoms with Crippen molar-refractivity contribution in [2.75, 3.05) is 0 Å².